The first-order valence-electron chi connectivity index (χ1n) is 7.07. The number of rotatable bonds is 2. The zero-order valence-corrected chi connectivity index (χ0v) is 14.0. The first-order chi connectivity index (χ1) is 11.6. The predicted octanol–water partition coefficient (Wildman–Crippen LogP) is 2.51. The van der Waals surface area contributed by atoms with E-state index in [-0.39, 0.29) is 44.7 Å². The summed E-state index contributed by atoms with van der Waals surface area (Å²) < 4.78 is 67.2. The van der Waals surface area contributed by atoms with E-state index < -0.39 is 16.3 Å². The van der Waals surface area contributed by atoms with Gasteiger partial charge in [0.2, 0.25) is 0 Å². The number of ether oxygens (including phenoxy) is 2. The van der Waals surface area contributed by atoms with Gasteiger partial charge in [-0.15, -0.1) is 8.78 Å². The van der Waals surface area contributed by atoms with Crippen LogP contribution in [0.25, 0.3) is 11.0 Å². The highest BCUT2D eigenvalue weighted by Crippen LogP contribution is 2.43. The number of nitrogens with zero attached hydrogens (tertiary/aromatic N) is 3. The van der Waals surface area contributed by atoms with Crippen molar-refractivity contribution in [3.8, 4) is 11.5 Å². The van der Waals surface area contributed by atoms with Crippen molar-refractivity contribution in [3.05, 3.63) is 29.4 Å². The van der Waals surface area contributed by atoms with Gasteiger partial charge in [0.15, 0.2) is 22.2 Å². The average molecular weight is 371 g/mol. The van der Waals surface area contributed by atoms with Crippen molar-refractivity contribution >= 4 is 21.1 Å². The minimum Gasteiger partial charge on any atom is -0.395 e. The summed E-state index contributed by atoms with van der Waals surface area (Å²) in [7, 11) is -4.10. The molecule has 132 valence electrons. The Hall–Kier alpha value is -2.69. The fraction of sp³-hybridized carbons (Fsp3) is 0.286. The van der Waals surface area contributed by atoms with Gasteiger partial charge in [-0.05, 0) is 20.8 Å². The quantitative estimate of drug-likeness (QED) is 0.683. The molecule has 0 fully saturated rings. The fourth-order valence-corrected chi connectivity index (χ4v) is 4.65. The minimum atomic E-state index is -4.10. The smallest absolute Gasteiger partial charge is 0.395 e. The van der Waals surface area contributed by atoms with E-state index in [4.69, 9.17) is 4.52 Å². The SMILES string of the molecule is Cc1noc(C)c1S(=O)(=O)n1c(C)nc2cc3c(cc21)OC(F)(F)O3. The molecule has 0 N–H and O–H groups in total. The van der Waals surface area contributed by atoms with Gasteiger partial charge in [-0.2, -0.15) is 0 Å². The van der Waals surface area contributed by atoms with Crippen LogP contribution in [-0.4, -0.2) is 28.8 Å². The van der Waals surface area contributed by atoms with E-state index in [1.165, 1.54) is 26.8 Å². The van der Waals surface area contributed by atoms with E-state index in [1.807, 2.05) is 0 Å². The Morgan fingerprint density at radius 2 is 1.76 bits per heavy atom. The molecule has 1 aliphatic heterocycles. The number of aromatic nitrogens is 3. The van der Waals surface area contributed by atoms with Crippen LogP contribution in [0.5, 0.6) is 11.5 Å². The third kappa shape index (κ3) is 2.18. The number of benzene rings is 1. The fourth-order valence-electron chi connectivity index (χ4n) is 2.86. The molecule has 2 aromatic heterocycles. The van der Waals surface area contributed by atoms with Gasteiger partial charge >= 0.3 is 6.29 Å². The normalized spacial score (nSPS) is 15.9. The summed E-state index contributed by atoms with van der Waals surface area (Å²) in [5.74, 6) is -0.221. The van der Waals surface area contributed by atoms with Gasteiger partial charge in [-0.25, -0.2) is 17.4 Å². The highest BCUT2D eigenvalue weighted by molar-refractivity contribution is 7.90. The van der Waals surface area contributed by atoms with Crippen molar-refractivity contribution in [2.75, 3.05) is 0 Å². The van der Waals surface area contributed by atoms with E-state index in [2.05, 4.69) is 19.6 Å². The summed E-state index contributed by atoms with van der Waals surface area (Å²) >= 11 is 0. The molecule has 25 heavy (non-hydrogen) atoms. The van der Waals surface area contributed by atoms with Crippen molar-refractivity contribution < 1.29 is 31.2 Å². The standard InChI is InChI=1S/C14H11F2N3O5S/c1-6-13(7(2)24-18-6)25(20,21)19-8(3)17-9-4-11-12(5-10(9)19)23-14(15,16)22-11/h4-5H,1-3H3. The van der Waals surface area contributed by atoms with Crippen LogP contribution in [0, 0.1) is 20.8 Å². The molecule has 0 spiro atoms. The Labute approximate surface area is 140 Å². The van der Waals surface area contributed by atoms with Crippen LogP contribution in [0.4, 0.5) is 8.78 Å². The average Bonchev–Trinajstić information content (AvgIpc) is 3.07. The molecule has 0 bridgehead atoms. The monoisotopic (exact) mass is 371 g/mol. The highest BCUT2D eigenvalue weighted by atomic mass is 32.2. The zero-order chi connectivity index (χ0) is 18.1. The summed E-state index contributed by atoms with van der Waals surface area (Å²) in [4.78, 5) is 4.03. The molecule has 0 saturated heterocycles. The van der Waals surface area contributed by atoms with Gasteiger partial charge in [0, 0.05) is 12.1 Å². The van der Waals surface area contributed by atoms with Crippen LogP contribution >= 0.6 is 0 Å². The van der Waals surface area contributed by atoms with E-state index in [1.54, 1.807) is 0 Å². The third-order valence-electron chi connectivity index (χ3n) is 3.76. The molecule has 3 heterocycles. The van der Waals surface area contributed by atoms with Gasteiger partial charge in [0.1, 0.15) is 11.5 Å². The molecule has 0 atom stereocenters. The number of hydrogen-bond donors (Lipinski definition) is 0. The molecule has 1 aromatic carbocycles. The predicted molar refractivity (Wildman–Crippen MR) is 79.2 cm³/mol. The van der Waals surface area contributed by atoms with Crippen molar-refractivity contribution in [1.29, 1.82) is 0 Å². The van der Waals surface area contributed by atoms with Crippen LogP contribution in [0.15, 0.2) is 21.6 Å². The van der Waals surface area contributed by atoms with Gasteiger partial charge in [0.25, 0.3) is 10.0 Å². The lowest BCUT2D eigenvalue weighted by Gasteiger charge is -2.08. The molecule has 0 aliphatic carbocycles. The van der Waals surface area contributed by atoms with E-state index >= 15 is 0 Å². The summed E-state index contributed by atoms with van der Waals surface area (Å²) in [6.07, 6.45) is -3.80. The molecule has 8 nitrogen and oxygen atoms in total. The van der Waals surface area contributed by atoms with Crippen LogP contribution < -0.4 is 9.47 Å². The first-order valence-corrected chi connectivity index (χ1v) is 8.51. The molecule has 4 rings (SSSR count). The maximum Gasteiger partial charge on any atom is 0.586 e. The molecule has 0 radical (unpaired) electrons. The second-order valence-corrected chi connectivity index (χ2v) is 7.26. The Morgan fingerprint density at radius 3 is 2.36 bits per heavy atom. The number of imidazole rings is 1. The van der Waals surface area contributed by atoms with Crippen LogP contribution in [-0.2, 0) is 10.0 Å². The molecule has 3 aromatic rings. The maximum absolute atomic E-state index is 13.2. The molecule has 11 heteroatoms. The van der Waals surface area contributed by atoms with Crippen LogP contribution in [0.3, 0.4) is 0 Å². The van der Waals surface area contributed by atoms with Crippen molar-refractivity contribution in [1.82, 2.24) is 14.1 Å². The van der Waals surface area contributed by atoms with Gasteiger partial charge < -0.3 is 14.0 Å². The van der Waals surface area contributed by atoms with Crippen molar-refractivity contribution in [3.63, 3.8) is 0 Å². The lowest BCUT2D eigenvalue weighted by molar-refractivity contribution is -0.286. The molecule has 1 aliphatic rings. The van der Waals surface area contributed by atoms with E-state index in [0.717, 1.165) is 10.0 Å². The Morgan fingerprint density at radius 1 is 1.12 bits per heavy atom. The topological polar surface area (TPSA) is 96.5 Å². The lowest BCUT2D eigenvalue weighted by Crippen LogP contribution is -2.25. The summed E-state index contributed by atoms with van der Waals surface area (Å²) in [6.45, 7) is 4.45. The molecule has 0 unspecified atom stereocenters. The van der Waals surface area contributed by atoms with Crippen LogP contribution in [0.2, 0.25) is 0 Å². The van der Waals surface area contributed by atoms with E-state index in [9.17, 15) is 17.2 Å². The Kier molecular flexibility index (Phi) is 2.96. The molecule has 0 saturated carbocycles. The zero-order valence-electron chi connectivity index (χ0n) is 13.2. The highest BCUT2D eigenvalue weighted by Gasteiger charge is 2.44. The Balaban J connectivity index is 1.99. The minimum absolute atomic E-state index is 0.0811. The largest absolute Gasteiger partial charge is 0.586 e. The number of aryl methyl sites for hydroxylation is 3. The summed E-state index contributed by atoms with van der Waals surface area (Å²) in [6, 6.07) is 2.36. The molecular formula is C14H11F2N3O5S. The maximum atomic E-state index is 13.2. The molecule has 0 amide bonds. The van der Waals surface area contributed by atoms with Crippen LogP contribution in [0.1, 0.15) is 17.3 Å². The van der Waals surface area contributed by atoms with Gasteiger partial charge in [0.05, 0.1) is 11.0 Å². The second-order valence-electron chi connectivity index (χ2n) is 5.54. The number of alkyl halides is 2. The summed E-state index contributed by atoms with van der Waals surface area (Å²) in [5.41, 5.74) is 0.441. The summed E-state index contributed by atoms with van der Waals surface area (Å²) in [5, 5.41) is 3.65. The third-order valence-corrected chi connectivity index (χ3v) is 5.80. The van der Waals surface area contributed by atoms with E-state index in [0.29, 0.717) is 0 Å². The van der Waals surface area contributed by atoms with Crippen molar-refractivity contribution in [2.45, 2.75) is 32.0 Å². The van der Waals surface area contributed by atoms with Gasteiger partial charge in [-0.3, -0.25) is 0 Å². The number of hydrogen-bond acceptors (Lipinski definition) is 7. The Bertz CT molecular complexity index is 1110. The number of halogens is 2. The molecular weight excluding hydrogens is 360 g/mol. The van der Waals surface area contributed by atoms with Crippen molar-refractivity contribution in [2.24, 2.45) is 0 Å². The number of fused-ring (bicyclic) bond motifs is 2. The lowest BCUT2D eigenvalue weighted by atomic mass is 10.3. The van der Waals surface area contributed by atoms with Gasteiger partial charge in [-0.1, -0.05) is 5.16 Å². The first kappa shape index (κ1) is 15.8. The second kappa shape index (κ2) is 4.69.